The van der Waals surface area contributed by atoms with Crippen LogP contribution in [0.15, 0.2) is 54.7 Å². The number of amides is 1. The zero-order valence-corrected chi connectivity index (χ0v) is 16.4. The smallest absolute Gasteiger partial charge is 0.251 e. The predicted molar refractivity (Wildman–Crippen MR) is 109 cm³/mol. The Bertz CT molecular complexity index is 1110. The van der Waals surface area contributed by atoms with E-state index in [0.717, 1.165) is 16.7 Å². The Balaban J connectivity index is 1.73. The van der Waals surface area contributed by atoms with Crippen LogP contribution in [0, 0.1) is 24.1 Å². The minimum Gasteiger partial charge on any atom is -0.489 e. The SMILES string of the molecule is Cc1cc(-c2cc(COc3ccc(C#N)c(F)c3)ccn2)ccc1C(=O)NCCO. The fourth-order valence-corrected chi connectivity index (χ4v) is 2.91. The van der Waals surface area contributed by atoms with Crippen LogP contribution in [0.4, 0.5) is 4.39 Å². The van der Waals surface area contributed by atoms with Gasteiger partial charge in [-0.3, -0.25) is 9.78 Å². The van der Waals surface area contributed by atoms with E-state index < -0.39 is 5.82 Å². The first kappa shape index (κ1) is 21.0. The van der Waals surface area contributed by atoms with Crippen molar-refractivity contribution in [2.75, 3.05) is 13.2 Å². The number of hydrogen-bond donors (Lipinski definition) is 2. The molecule has 2 aromatic carbocycles. The Labute approximate surface area is 173 Å². The second kappa shape index (κ2) is 9.63. The van der Waals surface area contributed by atoms with Crippen molar-refractivity contribution in [3.8, 4) is 23.1 Å². The summed E-state index contributed by atoms with van der Waals surface area (Å²) in [6.07, 6.45) is 1.66. The van der Waals surface area contributed by atoms with Crippen molar-refractivity contribution in [2.24, 2.45) is 0 Å². The van der Waals surface area contributed by atoms with Gasteiger partial charge in [0, 0.05) is 29.9 Å². The summed E-state index contributed by atoms with van der Waals surface area (Å²) in [5, 5.41) is 20.3. The highest BCUT2D eigenvalue weighted by Gasteiger charge is 2.11. The predicted octanol–water partition coefficient (Wildman–Crippen LogP) is 3.37. The fraction of sp³-hybridized carbons (Fsp3) is 0.174. The summed E-state index contributed by atoms with van der Waals surface area (Å²) in [5.74, 6) is -0.527. The molecule has 30 heavy (non-hydrogen) atoms. The molecule has 0 atom stereocenters. The number of aliphatic hydroxyl groups excluding tert-OH is 1. The van der Waals surface area contributed by atoms with E-state index in [9.17, 15) is 9.18 Å². The molecule has 6 nitrogen and oxygen atoms in total. The summed E-state index contributed by atoms with van der Waals surface area (Å²) in [6, 6.07) is 15.0. The quantitative estimate of drug-likeness (QED) is 0.628. The van der Waals surface area contributed by atoms with E-state index >= 15 is 0 Å². The maximum Gasteiger partial charge on any atom is 0.251 e. The van der Waals surface area contributed by atoms with Gasteiger partial charge in [-0.25, -0.2) is 4.39 Å². The molecule has 3 aromatic rings. The number of rotatable bonds is 7. The normalized spacial score (nSPS) is 10.3. The lowest BCUT2D eigenvalue weighted by Crippen LogP contribution is -2.26. The standard InChI is InChI=1S/C23H20FN3O3/c1-15-10-17(3-5-20(15)23(29)27-8-9-28)22-11-16(6-7-26-22)14-30-19-4-2-18(13-25)21(24)12-19/h2-7,10-12,28H,8-9,14H2,1H3,(H,27,29). The number of halogens is 1. The van der Waals surface area contributed by atoms with Crippen LogP contribution >= 0.6 is 0 Å². The van der Waals surface area contributed by atoms with Gasteiger partial charge in [0.25, 0.3) is 5.91 Å². The monoisotopic (exact) mass is 405 g/mol. The number of ether oxygens (including phenoxy) is 1. The summed E-state index contributed by atoms with van der Waals surface area (Å²) in [7, 11) is 0. The number of benzene rings is 2. The van der Waals surface area contributed by atoms with Crippen molar-refractivity contribution in [3.05, 3.63) is 82.8 Å². The highest BCUT2D eigenvalue weighted by molar-refractivity contribution is 5.96. The maximum absolute atomic E-state index is 13.7. The molecule has 0 bridgehead atoms. The van der Waals surface area contributed by atoms with Crippen LogP contribution < -0.4 is 10.1 Å². The summed E-state index contributed by atoms with van der Waals surface area (Å²) in [5.41, 5.74) is 3.70. The Hall–Kier alpha value is -3.76. The average molecular weight is 405 g/mol. The first-order chi connectivity index (χ1) is 14.5. The largest absolute Gasteiger partial charge is 0.489 e. The second-order valence-electron chi connectivity index (χ2n) is 6.60. The van der Waals surface area contributed by atoms with Gasteiger partial charge in [-0.1, -0.05) is 6.07 Å². The van der Waals surface area contributed by atoms with Gasteiger partial charge in [0.1, 0.15) is 24.2 Å². The molecule has 7 heteroatoms. The molecule has 1 aromatic heterocycles. The Morgan fingerprint density at radius 3 is 2.77 bits per heavy atom. The number of carbonyl (C=O) groups is 1. The van der Waals surface area contributed by atoms with Crippen molar-refractivity contribution < 1.29 is 19.0 Å². The molecule has 0 saturated heterocycles. The van der Waals surface area contributed by atoms with Crippen LogP contribution in [0.25, 0.3) is 11.3 Å². The Morgan fingerprint density at radius 2 is 2.07 bits per heavy atom. The number of pyridine rings is 1. The fourth-order valence-electron chi connectivity index (χ4n) is 2.91. The summed E-state index contributed by atoms with van der Waals surface area (Å²) in [4.78, 5) is 16.5. The lowest BCUT2D eigenvalue weighted by molar-refractivity contribution is 0.0944. The summed E-state index contributed by atoms with van der Waals surface area (Å²) in [6.45, 7) is 2.13. The van der Waals surface area contributed by atoms with Crippen molar-refractivity contribution in [3.63, 3.8) is 0 Å². The van der Waals surface area contributed by atoms with Crippen LogP contribution in [-0.4, -0.2) is 29.1 Å². The highest BCUT2D eigenvalue weighted by atomic mass is 19.1. The Kier molecular flexibility index (Phi) is 6.73. The number of carbonyl (C=O) groups excluding carboxylic acids is 1. The minimum absolute atomic E-state index is 0.0302. The molecule has 0 fully saturated rings. The highest BCUT2D eigenvalue weighted by Crippen LogP contribution is 2.23. The molecular weight excluding hydrogens is 385 g/mol. The van der Waals surface area contributed by atoms with Crippen molar-refractivity contribution in [1.29, 1.82) is 5.26 Å². The zero-order valence-electron chi connectivity index (χ0n) is 16.4. The third kappa shape index (κ3) is 4.99. The molecule has 0 saturated carbocycles. The molecule has 1 heterocycles. The number of aryl methyl sites for hydroxylation is 1. The second-order valence-corrected chi connectivity index (χ2v) is 6.60. The van der Waals surface area contributed by atoms with Gasteiger partial charge in [-0.15, -0.1) is 0 Å². The van der Waals surface area contributed by atoms with E-state index in [2.05, 4.69) is 10.3 Å². The topological polar surface area (TPSA) is 95.2 Å². The number of aromatic nitrogens is 1. The molecule has 2 N–H and O–H groups in total. The number of aliphatic hydroxyl groups is 1. The average Bonchev–Trinajstić information content (AvgIpc) is 2.76. The summed E-state index contributed by atoms with van der Waals surface area (Å²) >= 11 is 0. The van der Waals surface area contributed by atoms with Crippen molar-refractivity contribution >= 4 is 5.91 Å². The molecule has 3 rings (SSSR count). The molecule has 0 spiro atoms. The van der Waals surface area contributed by atoms with Crippen LogP contribution in [0.1, 0.15) is 27.0 Å². The van der Waals surface area contributed by atoms with Crippen molar-refractivity contribution in [2.45, 2.75) is 13.5 Å². The van der Waals surface area contributed by atoms with Gasteiger partial charge in [0.15, 0.2) is 0 Å². The number of hydrogen-bond acceptors (Lipinski definition) is 5. The van der Waals surface area contributed by atoms with E-state index in [1.54, 1.807) is 30.5 Å². The molecular formula is C23H20FN3O3. The molecule has 1 amide bonds. The van der Waals surface area contributed by atoms with Crippen LogP contribution in [0.5, 0.6) is 5.75 Å². The van der Waals surface area contributed by atoms with Gasteiger partial charge in [0.2, 0.25) is 0 Å². The van der Waals surface area contributed by atoms with E-state index in [-0.39, 0.29) is 31.2 Å². The van der Waals surface area contributed by atoms with Gasteiger partial charge >= 0.3 is 0 Å². The van der Waals surface area contributed by atoms with Gasteiger partial charge in [0.05, 0.1) is 17.9 Å². The Morgan fingerprint density at radius 1 is 1.23 bits per heavy atom. The molecule has 0 radical (unpaired) electrons. The van der Waals surface area contributed by atoms with Crippen LogP contribution in [0.2, 0.25) is 0 Å². The minimum atomic E-state index is -0.621. The van der Waals surface area contributed by atoms with Crippen LogP contribution in [0.3, 0.4) is 0 Å². The maximum atomic E-state index is 13.7. The third-order valence-electron chi connectivity index (χ3n) is 4.46. The van der Waals surface area contributed by atoms with Gasteiger partial charge < -0.3 is 15.2 Å². The number of nitriles is 1. The molecule has 0 aliphatic rings. The van der Waals surface area contributed by atoms with E-state index in [0.29, 0.717) is 17.0 Å². The zero-order chi connectivity index (χ0) is 21.5. The molecule has 0 aliphatic carbocycles. The van der Waals surface area contributed by atoms with E-state index in [4.69, 9.17) is 15.1 Å². The van der Waals surface area contributed by atoms with Gasteiger partial charge in [-0.2, -0.15) is 5.26 Å². The molecule has 152 valence electrons. The van der Waals surface area contributed by atoms with Gasteiger partial charge in [-0.05, 0) is 54.4 Å². The number of nitrogens with zero attached hydrogens (tertiary/aromatic N) is 2. The first-order valence-corrected chi connectivity index (χ1v) is 9.29. The van der Waals surface area contributed by atoms with Crippen molar-refractivity contribution in [1.82, 2.24) is 10.3 Å². The van der Waals surface area contributed by atoms with E-state index in [1.807, 2.05) is 25.1 Å². The number of nitrogens with one attached hydrogen (secondary N) is 1. The molecule has 0 unspecified atom stereocenters. The first-order valence-electron chi connectivity index (χ1n) is 9.29. The van der Waals surface area contributed by atoms with E-state index in [1.165, 1.54) is 12.1 Å². The lowest BCUT2D eigenvalue weighted by Gasteiger charge is -2.10. The summed E-state index contributed by atoms with van der Waals surface area (Å²) < 4.78 is 19.3. The third-order valence-corrected chi connectivity index (χ3v) is 4.46. The molecule has 0 aliphatic heterocycles. The van der Waals surface area contributed by atoms with Crippen LogP contribution in [-0.2, 0) is 6.61 Å². The lowest BCUT2D eigenvalue weighted by atomic mass is 10.0.